The molecular weight excluding hydrogens is 344 g/mol. The van der Waals surface area contributed by atoms with Crippen LogP contribution in [0.25, 0.3) is 22.8 Å². The molecule has 0 atom stereocenters. The maximum atomic E-state index is 12.4. The Morgan fingerprint density at radius 2 is 2.15 bits per heavy atom. The van der Waals surface area contributed by atoms with Gasteiger partial charge in [-0.3, -0.25) is 4.79 Å². The van der Waals surface area contributed by atoms with E-state index in [0.717, 1.165) is 40.2 Å². The Labute approximate surface area is 154 Å². The van der Waals surface area contributed by atoms with Gasteiger partial charge in [-0.2, -0.15) is 15.4 Å². The molecule has 3 aromatic rings. The summed E-state index contributed by atoms with van der Waals surface area (Å²) >= 11 is 0. The number of carbonyl (C=O) groups is 1. The zero-order valence-electron chi connectivity index (χ0n) is 14.5. The highest BCUT2D eigenvalue weighted by atomic mass is 16.5. The molecule has 134 valence electrons. The van der Waals surface area contributed by atoms with E-state index in [9.17, 15) is 4.79 Å². The number of benzene rings is 1. The van der Waals surface area contributed by atoms with Gasteiger partial charge in [-0.05, 0) is 36.3 Å². The van der Waals surface area contributed by atoms with Gasteiger partial charge in [0.1, 0.15) is 18.0 Å². The van der Waals surface area contributed by atoms with Gasteiger partial charge in [0.05, 0.1) is 11.8 Å². The second kappa shape index (κ2) is 5.94. The van der Waals surface area contributed by atoms with Crippen LogP contribution in [-0.2, 0) is 4.79 Å². The second-order valence-corrected chi connectivity index (χ2v) is 6.42. The number of anilines is 2. The van der Waals surface area contributed by atoms with Crippen molar-refractivity contribution < 1.29 is 9.53 Å². The number of carbonyl (C=O) groups excluding carboxylic acids is 1. The highest BCUT2D eigenvalue weighted by molar-refractivity contribution is 6.35. The number of H-pyrrole nitrogens is 1. The van der Waals surface area contributed by atoms with Gasteiger partial charge in [0.25, 0.3) is 5.91 Å². The van der Waals surface area contributed by atoms with Gasteiger partial charge in [-0.25, -0.2) is 4.98 Å². The van der Waals surface area contributed by atoms with E-state index in [-0.39, 0.29) is 5.91 Å². The van der Waals surface area contributed by atoms with E-state index < -0.39 is 0 Å². The standard InChI is InChI=1S/C19H16N6O2/c1-10-15(9-21-19-17(10)20-4-5-27-19)11-2-3-16-13(6-11)14(18(26)23-16)7-12-8-22-25-24-12/h2-3,6-9,20H,4-5H2,1H3,(H,23,26)(H,22,24,25). The van der Waals surface area contributed by atoms with Crippen LogP contribution in [0.4, 0.5) is 11.4 Å². The Kier molecular flexibility index (Phi) is 3.43. The first-order chi connectivity index (χ1) is 13.2. The smallest absolute Gasteiger partial charge is 0.256 e. The van der Waals surface area contributed by atoms with Crippen molar-refractivity contribution in [2.75, 3.05) is 23.8 Å². The van der Waals surface area contributed by atoms with E-state index in [1.807, 2.05) is 31.3 Å². The summed E-state index contributed by atoms with van der Waals surface area (Å²) < 4.78 is 5.61. The summed E-state index contributed by atoms with van der Waals surface area (Å²) in [6.45, 7) is 3.41. The molecule has 2 aromatic heterocycles. The predicted molar refractivity (Wildman–Crippen MR) is 101 cm³/mol. The van der Waals surface area contributed by atoms with Crippen LogP contribution in [-0.4, -0.2) is 39.5 Å². The Hall–Kier alpha value is -3.68. The van der Waals surface area contributed by atoms with E-state index in [0.29, 0.717) is 23.8 Å². The SMILES string of the molecule is Cc1c(-c2ccc3c(c2)C(=Cc2cn[nH]n2)C(=O)N3)cnc2c1NCCO2. The molecule has 0 aliphatic carbocycles. The minimum absolute atomic E-state index is 0.152. The largest absolute Gasteiger partial charge is 0.474 e. The molecule has 2 aliphatic rings. The summed E-state index contributed by atoms with van der Waals surface area (Å²) in [6, 6.07) is 5.90. The lowest BCUT2D eigenvalue weighted by Crippen LogP contribution is -2.20. The third kappa shape index (κ3) is 2.53. The minimum atomic E-state index is -0.152. The molecule has 1 amide bonds. The number of ether oxygens (including phenoxy) is 1. The van der Waals surface area contributed by atoms with Crippen LogP contribution in [0.2, 0.25) is 0 Å². The van der Waals surface area contributed by atoms with Gasteiger partial charge in [0.15, 0.2) is 0 Å². The number of nitrogens with zero attached hydrogens (tertiary/aromatic N) is 3. The number of aromatic amines is 1. The topological polar surface area (TPSA) is 105 Å². The van der Waals surface area contributed by atoms with Gasteiger partial charge in [0, 0.05) is 29.6 Å². The molecule has 0 radical (unpaired) electrons. The van der Waals surface area contributed by atoms with Crippen molar-refractivity contribution in [1.29, 1.82) is 0 Å². The maximum Gasteiger partial charge on any atom is 0.256 e. The summed E-state index contributed by atoms with van der Waals surface area (Å²) in [5.74, 6) is 0.479. The third-order valence-electron chi connectivity index (χ3n) is 4.79. The quantitative estimate of drug-likeness (QED) is 0.607. The highest BCUT2D eigenvalue weighted by Crippen LogP contribution is 2.39. The number of aromatic nitrogens is 4. The number of hydrogen-bond acceptors (Lipinski definition) is 6. The molecule has 0 bridgehead atoms. The van der Waals surface area contributed by atoms with Crippen LogP contribution < -0.4 is 15.4 Å². The van der Waals surface area contributed by atoms with E-state index in [4.69, 9.17) is 4.74 Å². The zero-order valence-corrected chi connectivity index (χ0v) is 14.5. The summed E-state index contributed by atoms with van der Waals surface area (Å²) in [7, 11) is 0. The molecular formula is C19H16N6O2. The fourth-order valence-electron chi connectivity index (χ4n) is 3.44. The van der Waals surface area contributed by atoms with Crippen LogP contribution in [0.1, 0.15) is 16.8 Å². The van der Waals surface area contributed by atoms with Crippen LogP contribution in [0, 0.1) is 6.92 Å². The number of pyridine rings is 1. The summed E-state index contributed by atoms with van der Waals surface area (Å²) in [5, 5.41) is 16.6. The van der Waals surface area contributed by atoms with E-state index in [2.05, 4.69) is 31.0 Å². The molecule has 8 heteroatoms. The second-order valence-electron chi connectivity index (χ2n) is 6.42. The molecule has 0 saturated carbocycles. The molecule has 2 aliphatic heterocycles. The fraction of sp³-hybridized carbons (Fsp3) is 0.158. The van der Waals surface area contributed by atoms with E-state index in [1.165, 1.54) is 0 Å². The van der Waals surface area contributed by atoms with Crippen molar-refractivity contribution in [3.63, 3.8) is 0 Å². The van der Waals surface area contributed by atoms with Crippen LogP contribution in [0.3, 0.4) is 0 Å². The molecule has 0 spiro atoms. The average molecular weight is 360 g/mol. The Morgan fingerprint density at radius 1 is 1.22 bits per heavy atom. The Bertz CT molecular complexity index is 1090. The lowest BCUT2D eigenvalue weighted by Gasteiger charge is -2.21. The van der Waals surface area contributed by atoms with Crippen molar-refractivity contribution in [1.82, 2.24) is 20.4 Å². The third-order valence-corrected chi connectivity index (χ3v) is 4.79. The molecule has 27 heavy (non-hydrogen) atoms. The first-order valence-corrected chi connectivity index (χ1v) is 8.60. The number of rotatable bonds is 2. The van der Waals surface area contributed by atoms with Crippen LogP contribution in [0.5, 0.6) is 5.88 Å². The molecule has 8 nitrogen and oxygen atoms in total. The maximum absolute atomic E-state index is 12.4. The summed E-state index contributed by atoms with van der Waals surface area (Å²) in [5.41, 5.74) is 6.75. The van der Waals surface area contributed by atoms with Crippen LogP contribution in [0.15, 0.2) is 30.6 Å². The summed E-state index contributed by atoms with van der Waals surface area (Å²) in [4.78, 5) is 16.8. The first kappa shape index (κ1) is 15.6. The molecule has 0 fully saturated rings. The van der Waals surface area contributed by atoms with Gasteiger partial charge in [-0.1, -0.05) is 6.07 Å². The monoisotopic (exact) mass is 360 g/mol. The lowest BCUT2D eigenvalue weighted by atomic mass is 9.96. The normalized spacial score (nSPS) is 16.3. The minimum Gasteiger partial charge on any atom is -0.474 e. The molecule has 5 rings (SSSR count). The van der Waals surface area contributed by atoms with Gasteiger partial charge in [-0.15, -0.1) is 0 Å². The Balaban J connectivity index is 1.61. The molecule has 1 aromatic carbocycles. The van der Waals surface area contributed by atoms with Gasteiger partial charge < -0.3 is 15.4 Å². The molecule has 3 N–H and O–H groups in total. The number of nitrogens with one attached hydrogen (secondary N) is 3. The first-order valence-electron chi connectivity index (χ1n) is 8.60. The van der Waals surface area contributed by atoms with Gasteiger partial charge >= 0.3 is 0 Å². The van der Waals surface area contributed by atoms with Crippen molar-refractivity contribution in [2.24, 2.45) is 0 Å². The fourth-order valence-corrected chi connectivity index (χ4v) is 3.44. The van der Waals surface area contributed by atoms with Crippen molar-refractivity contribution in [3.8, 4) is 17.0 Å². The summed E-state index contributed by atoms with van der Waals surface area (Å²) in [6.07, 6.45) is 5.11. The van der Waals surface area contributed by atoms with Gasteiger partial charge in [0.2, 0.25) is 5.88 Å². The zero-order chi connectivity index (χ0) is 18.4. The molecule has 4 heterocycles. The Morgan fingerprint density at radius 3 is 3.00 bits per heavy atom. The van der Waals surface area contributed by atoms with Crippen LogP contribution >= 0.6 is 0 Å². The van der Waals surface area contributed by atoms with Crippen molar-refractivity contribution >= 4 is 28.9 Å². The van der Waals surface area contributed by atoms with E-state index in [1.54, 1.807) is 12.3 Å². The van der Waals surface area contributed by atoms with Crippen molar-refractivity contribution in [3.05, 3.63) is 47.4 Å². The highest BCUT2D eigenvalue weighted by Gasteiger charge is 2.25. The molecule has 0 saturated heterocycles. The predicted octanol–water partition coefficient (Wildman–Crippen LogP) is 2.47. The lowest BCUT2D eigenvalue weighted by molar-refractivity contribution is -0.110. The molecule has 0 unspecified atom stereocenters. The van der Waals surface area contributed by atoms with Crippen molar-refractivity contribution in [2.45, 2.75) is 6.92 Å². The number of hydrogen-bond donors (Lipinski definition) is 3. The average Bonchev–Trinajstić information content (AvgIpc) is 3.31. The number of amides is 1. The number of fused-ring (bicyclic) bond motifs is 2. The van der Waals surface area contributed by atoms with E-state index >= 15 is 0 Å².